The van der Waals surface area contributed by atoms with Gasteiger partial charge in [0.2, 0.25) is 5.91 Å². The zero-order valence-electron chi connectivity index (χ0n) is 15.1. The number of anilines is 1. The molecular weight excluding hydrogens is 320 g/mol. The van der Waals surface area contributed by atoms with Crippen LogP contribution in [-0.4, -0.2) is 17.9 Å². The third-order valence-corrected chi connectivity index (χ3v) is 5.20. The number of rotatable bonds is 4. The fourth-order valence-electron chi connectivity index (χ4n) is 3.63. The highest BCUT2D eigenvalue weighted by atomic mass is 16.2. The van der Waals surface area contributed by atoms with Crippen molar-refractivity contribution in [1.82, 2.24) is 4.98 Å². The molecule has 4 rings (SSSR count). The van der Waals surface area contributed by atoms with Gasteiger partial charge in [-0.3, -0.25) is 9.78 Å². The first kappa shape index (κ1) is 16.5. The van der Waals surface area contributed by atoms with Gasteiger partial charge in [-0.1, -0.05) is 49.4 Å². The van der Waals surface area contributed by atoms with E-state index in [0.717, 1.165) is 28.8 Å². The van der Waals surface area contributed by atoms with Crippen LogP contribution in [0.4, 0.5) is 5.69 Å². The van der Waals surface area contributed by atoms with Gasteiger partial charge in [-0.2, -0.15) is 0 Å². The van der Waals surface area contributed by atoms with Crippen LogP contribution in [0.5, 0.6) is 0 Å². The van der Waals surface area contributed by atoms with Crippen molar-refractivity contribution in [2.75, 3.05) is 11.9 Å². The van der Waals surface area contributed by atoms with Crippen LogP contribution in [0, 0.1) is 0 Å². The molecule has 3 aromatic rings. The van der Waals surface area contributed by atoms with Crippen molar-refractivity contribution in [3.8, 4) is 11.1 Å². The molecule has 0 bridgehead atoms. The summed E-state index contributed by atoms with van der Waals surface area (Å²) in [5, 5.41) is 0. The molecule has 0 aliphatic carbocycles. The third kappa shape index (κ3) is 3.13. The Bertz CT molecular complexity index is 949. The number of fused-ring (bicyclic) bond motifs is 1. The first-order valence-electron chi connectivity index (χ1n) is 9.00. The summed E-state index contributed by atoms with van der Waals surface area (Å²) >= 11 is 0. The Morgan fingerprint density at radius 3 is 2.65 bits per heavy atom. The average molecular weight is 342 g/mol. The number of aromatic nitrogens is 1. The first-order chi connectivity index (χ1) is 12.6. The van der Waals surface area contributed by atoms with Crippen LogP contribution in [0.1, 0.15) is 29.5 Å². The third-order valence-electron chi connectivity index (χ3n) is 5.20. The Hall–Kier alpha value is -2.94. The van der Waals surface area contributed by atoms with Crippen LogP contribution in [0.15, 0.2) is 67.0 Å². The van der Waals surface area contributed by atoms with E-state index in [9.17, 15) is 4.79 Å². The molecule has 1 atom stereocenters. The van der Waals surface area contributed by atoms with E-state index in [2.05, 4.69) is 60.4 Å². The standard InChI is InChI=1S/C23H22N2O/c1-16(18-6-4-3-5-7-18)10-17-11-21(15-24-14-17)19-8-9-20-13-23(26)25(2)22(20)12-19/h3-9,11-12,14-16H,10,13H2,1-2H3. The van der Waals surface area contributed by atoms with E-state index in [0.29, 0.717) is 12.3 Å². The lowest BCUT2D eigenvalue weighted by molar-refractivity contribution is -0.117. The average Bonchev–Trinajstić information content (AvgIpc) is 2.96. The maximum Gasteiger partial charge on any atom is 0.231 e. The number of carbonyl (C=O) groups excluding carboxylic acids is 1. The molecule has 1 amide bonds. The molecule has 0 radical (unpaired) electrons. The molecule has 130 valence electrons. The minimum absolute atomic E-state index is 0.153. The Balaban J connectivity index is 1.60. The number of amides is 1. The van der Waals surface area contributed by atoms with E-state index in [1.54, 1.807) is 4.90 Å². The molecule has 26 heavy (non-hydrogen) atoms. The van der Waals surface area contributed by atoms with Crippen LogP contribution in [0.25, 0.3) is 11.1 Å². The van der Waals surface area contributed by atoms with E-state index in [1.165, 1.54) is 11.1 Å². The number of hydrogen-bond donors (Lipinski definition) is 0. The Labute approximate surface area is 154 Å². The van der Waals surface area contributed by atoms with Gasteiger partial charge in [-0.25, -0.2) is 0 Å². The van der Waals surface area contributed by atoms with E-state index in [4.69, 9.17) is 0 Å². The second-order valence-electron chi connectivity index (χ2n) is 7.07. The van der Waals surface area contributed by atoms with Gasteiger partial charge in [0, 0.05) is 30.7 Å². The van der Waals surface area contributed by atoms with Gasteiger partial charge >= 0.3 is 0 Å². The smallest absolute Gasteiger partial charge is 0.231 e. The Morgan fingerprint density at radius 1 is 1.04 bits per heavy atom. The highest BCUT2D eigenvalue weighted by Crippen LogP contribution is 2.33. The molecule has 0 fully saturated rings. The number of carbonyl (C=O) groups is 1. The predicted molar refractivity (Wildman–Crippen MR) is 105 cm³/mol. The highest BCUT2D eigenvalue weighted by Gasteiger charge is 2.24. The summed E-state index contributed by atoms with van der Waals surface area (Å²) in [6.45, 7) is 2.25. The highest BCUT2D eigenvalue weighted by molar-refractivity contribution is 6.01. The van der Waals surface area contributed by atoms with Crippen LogP contribution < -0.4 is 4.90 Å². The van der Waals surface area contributed by atoms with Crippen molar-refractivity contribution in [3.63, 3.8) is 0 Å². The molecule has 0 saturated carbocycles. The van der Waals surface area contributed by atoms with E-state index >= 15 is 0 Å². The van der Waals surface area contributed by atoms with Gasteiger partial charge in [-0.15, -0.1) is 0 Å². The van der Waals surface area contributed by atoms with Crippen molar-refractivity contribution in [2.45, 2.75) is 25.7 Å². The molecule has 1 aromatic heterocycles. The first-order valence-corrected chi connectivity index (χ1v) is 9.00. The van der Waals surface area contributed by atoms with Crippen molar-refractivity contribution in [1.29, 1.82) is 0 Å². The summed E-state index contributed by atoms with van der Waals surface area (Å²) in [5.41, 5.74) is 6.88. The second kappa shape index (κ2) is 6.75. The fourth-order valence-corrected chi connectivity index (χ4v) is 3.63. The maximum atomic E-state index is 11.9. The van der Waals surface area contributed by atoms with Gasteiger partial charge in [-0.05, 0) is 46.7 Å². The van der Waals surface area contributed by atoms with Gasteiger partial charge < -0.3 is 4.90 Å². The van der Waals surface area contributed by atoms with Crippen molar-refractivity contribution in [3.05, 3.63) is 83.7 Å². The lowest BCUT2D eigenvalue weighted by Gasteiger charge is -2.14. The molecule has 3 nitrogen and oxygen atoms in total. The number of pyridine rings is 1. The van der Waals surface area contributed by atoms with Gasteiger partial charge in [0.15, 0.2) is 0 Å². The maximum absolute atomic E-state index is 11.9. The van der Waals surface area contributed by atoms with Crippen LogP contribution >= 0.6 is 0 Å². The summed E-state index contributed by atoms with van der Waals surface area (Å²) in [4.78, 5) is 18.1. The Kier molecular flexibility index (Phi) is 4.29. The van der Waals surface area contributed by atoms with Gasteiger partial charge in [0.25, 0.3) is 0 Å². The second-order valence-corrected chi connectivity index (χ2v) is 7.07. The molecule has 2 heterocycles. The molecule has 2 aromatic carbocycles. The molecule has 0 saturated heterocycles. The summed E-state index contributed by atoms with van der Waals surface area (Å²) in [5.74, 6) is 0.595. The van der Waals surface area contributed by atoms with Gasteiger partial charge in [0.1, 0.15) is 0 Å². The quantitative estimate of drug-likeness (QED) is 0.693. The van der Waals surface area contributed by atoms with Crippen LogP contribution in [-0.2, 0) is 17.6 Å². The number of likely N-dealkylation sites (N-methyl/N-ethyl adjacent to an activating group) is 1. The molecule has 1 aliphatic rings. The van der Waals surface area contributed by atoms with Crippen LogP contribution in [0.2, 0.25) is 0 Å². The largest absolute Gasteiger partial charge is 0.315 e. The number of hydrogen-bond acceptors (Lipinski definition) is 2. The summed E-state index contributed by atoms with van der Waals surface area (Å²) in [6.07, 6.45) is 5.30. The molecule has 1 unspecified atom stereocenters. The van der Waals surface area contributed by atoms with Crippen molar-refractivity contribution < 1.29 is 4.79 Å². The summed E-state index contributed by atoms with van der Waals surface area (Å²) < 4.78 is 0. The van der Waals surface area contributed by atoms with Gasteiger partial charge in [0.05, 0.1) is 6.42 Å². The summed E-state index contributed by atoms with van der Waals surface area (Å²) in [7, 11) is 1.84. The topological polar surface area (TPSA) is 33.2 Å². The van der Waals surface area contributed by atoms with Crippen LogP contribution in [0.3, 0.4) is 0 Å². The zero-order chi connectivity index (χ0) is 18.1. The zero-order valence-corrected chi connectivity index (χ0v) is 15.1. The van der Waals surface area contributed by atoms with E-state index < -0.39 is 0 Å². The van der Waals surface area contributed by atoms with Crippen molar-refractivity contribution >= 4 is 11.6 Å². The minimum Gasteiger partial charge on any atom is -0.315 e. The lowest BCUT2D eigenvalue weighted by Crippen LogP contribution is -2.20. The summed E-state index contributed by atoms with van der Waals surface area (Å²) in [6, 6.07) is 19.0. The number of benzene rings is 2. The molecular formula is C23H22N2O. The number of nitrogens with zero attached hydrogens (tertiary/aromatic N) is 2. The van der Waals surface area contributed by atoms with E-state index in [-0.39, 0.29) is 5.91 Å². The molecule has 0 spiro atoms. The Morgan fingerprint density at radius 2 is 1.85 bits per heavy atom. The minimum atomic E-state index is 0.153. The molecule has 0 N–H and O–H groups in total. The normalized spacial score (nSPS) is 14.4. The fraction of sp³-hybridized carbons (Fsp3) is 0.217. The molecule has 3 heteroatoms. The SMILES string of the molecule is CC(Cc1cncc(-c2ccc3c(c2)N(C)C(=O)C3)c1)c1ccccc1. The van der Waals surface area contributed by atoms with E-state index in [1.807, 2.05) is 25.5 Å². The lowest BCUT2D eigenvalue weighted by atomic mass is 9.93. The predicted octanol–water partition coefficient (Wildman–Crippen LogP) is 4.61. The van der Waals surface area contributed by atoms with Crippen molar-refractivity contribution in [2.24, 2.45) is 0 Å². The monoisotopic (exact) mass is 342 g/mol. The molecule has 1 aliphatic heterocycles.